The standard InChI is InChI=1S/C15H15N3/c1-11-12(5-4-6-13(11)16)9-18-10-17-14-7-2-3-8-15(14)18/h2-8,10H,9,16H2,1H3. The van der Waals surface area contributed by atoms with E-state index in [0.717, 1.165) is 28.8 Å². The van der Waals surface area contributed by atoms with Gasteiger partial charge in [-0.3, -0.25) is 0 Å². The first kappa shape index (κ1) is 10.8. The van der Waals surface area contributed by atoms with Crippen LogP contribution in [-0.4, -0.2) is 9.55 Å². The summed E-state index contributed by atoms with van der Waals surface area (Å²) in [6.45, 7) is 2.86. The molecule has 0 atom stereocenters. The van der Waals surface area contributed by atoms with Crippen LogP contribution in [0.4, 0.5) is 5.69 Å². The monoisotopic (exact) mass is 237 g/mol. The molecule has 1 heterocycles. The predicted octanol–water partition coefficient (Wildman–Crippen LogP) is 2.98. The average molecular weight is 237 g/mol. The summed E-state index contributed by atoms with van der Waals surface area (Å²) in [6.07, 6.45) is 1.88. The lowest BCUT2D eigenvalue weighted by Gasteiger charge is -2.09. The van der Waals surface area contributed by atoms with Crippen LogP contribution in [0.5, 0.6) is 0 Å². The van der Waals surface area contributed by atoms with E-state index in [1.54, 1.807) is 0 Å². The molecule has 2 N–H and O–H groups in total. The molecule has 3 heteroatoms. The van der Waals surface area contributed by atoms with Gasteiger partial charge in [-0.2, -0.15) is 0 Å². The molecule has 0 aliphatic heterocycles. The SMILES string of the molecule is Cc1c(N)cccc1Cn1cnc2ccccc21. The number of hydrogen-bond donors (Lipinski definition) is 1. The number of para-hydroxylation sites is 2. The van der Waals surface area contributed by atoms with E-state index in [4.69, 9.17) is 5.73 Å². The molecule has 0 radical (unpaired) electrons. The number of rotatable bonds is 2. The molecular weight excluding hydrogens is 222 g/mol. The molecule has 3 aromatic rings. The van der Waals surface area contributed by atoms with Gasteiger partial charge in [-0.05, 0) is 36.2 Å². The van der Waals surface area contributed by atoms with Crippen molar-refractivity contribution in [2.45, 2.75) is 13.5 Å². The van der Waals surface area contributed by atoms with Gasteiger partial charge in [0.05, 0.1) is 17.4 Å². The van der Waals surface area contributed by atoms with Crippen molar-refractivity contribution >= 4 is 16.7 Å². The second kappa shape index (κ2) is 4.18. The van der Waals surface area contributed by atoms with Crippen LogP contribution >= 0.6 is 0 Å². The molecule has 0 amide bonds. The molecule has 0 saturated heterocycles. The maximum absolute atomic E-state index is 5.94. The third-order valence-electron chi connectivity index (χ3n) is 3.36. The number of fused-ring (bicyclic) bond motifs is 1. The predicted molar refractivity (Wildman–Crippen MR) is 74.4 cm³/mol. The minimum Gasteiger partial charge on any atom is -0.399 e. The van der Waals surface area contributed by atoms with Gasteiger partial charge >= 0.3 is 0 Å². The zero-order valence-corrected chi connectivity index (χ0v) is 10.3. The van der Waals surface area contributed by atoms with Crippen molar-refractivity contribution in [1.82, 2.24) is 9.55 Å². The van der Waals surface area contributed by atoms with Crippen molar-refractivity contribution in [1.29, 1.82) is 0 Å². The Morgan fingerprint density at radius 1 is 1.11 bits per heavy atom. The molecule has 3 rings (SSSR count). The van der Waals surface area contributed by atoms with Crippen LogP contribution in [0.2, 0.25) is 0 Å². The van der Waals surface area contributed by atoms with Gasteiger partial charge in [-0.15, -0.1) is 0 Å². The number of imidazole rings is 1. The number of aromatic nitrogens is 2. The van der Waals surface area contributed by atoms with Crippen LogP contribution in [0, 0.1) is 6.92 Å². The van der Waals surface area contributed by atoms with Crippen LogP contribution in [0.3, 0.4) is 0 Å². The average Bonchev–Trinajstić information content (AvgIpc) is 2.79. The van der Waals surface area contributed by atoms with Crippen LogP contribution in [0.1, 0.15) is 11.1 Å². The number of hydrogen-bond acceptors (Lipinski definition) is 2. The van der Waals surface area contributed by atoms with Crippen LogP contribution in [0.15, 0.2) is 48.8 Å². The summed E-state index contributed by atoms with van der Waals surface area (Å²) in [5.74, 6) is 0. The summed E-state index contributed by atoms with van der Waals surface area (Å²) in [4.78, 5) is 4.40. The Labute approximate surface area is 106 Å². The lowest BCUT2D eigenvalue weighted by atomic mass is 10.1. The molecule has 0 fully saturated rings. The van der Waals surface area contributed by atoms with E-state index in [2.05, 4.69) is 28.6 Å². The van der Waals surface area contributed by atoms with Gasteiger partial charge in [0.25, 0.3) is 0 Å². The molecule has 0 saturated carbocycles. The number of nitrogens with zero attached hydrogens (tertiary/aromatic N) is 2. The van der Waals surface area contributed by atoms with Crippen molar-refractivity contribution in [3.63, 3.8) is 0 Å². The molecule has 2 aromatic carbocycles. The van der Waals surface area contributed by atoms with Gasteiger partial charge in [0.2, 0.25) is 0 Å². The fourth-order valence-corrected chi connectivity index (χ4v) is 2.19. The Morgan fingerprint density at radius 3 is 2.83 bits per heavy atom. The summed E-state index contributed by atoms with van der Waals surface area (Å²) in [5.41, 5.74) is 11.3. The van der Waals surface area contributed by atoms with Gasteiger partial charge in [0.1, 0.15) is 0 Å². The van der Waals surface area contributed by atoms with Crippen LogP contribution in [0.25, 0.3) is 11.0 Å². The number of benzene rings is 2. The molecule has 0 spiro atoms. The lowest BCUT2D eigenvalue weighted by Crippen LogP contribution is -2.02. The second-order valence-corrected chi connectivity index (χ2v) is 4.49. The van der Waals surface area contributed by atoms with Crippen molar-refractivity contribution in [2.24, 2.45) is 0 Å². The molecule has 90 valence electrons. The topological polar surface area (TPSA) is 43.8 Å². The molecule has 18 heavy (non-hydrogen) atoms. The first-order chi connectivity index (χ1) is 8.75. The summed E-state index contributed by atoms with van der Waals surface area (Å²) < 4.78 is 2.15. The highest BCUT2D eigenvalue weighted by Gasteiger charge is 2.05. The molecule has 0 bridgehead atoms. The minimum atomic E-state index is 0.803. The van der Waals surface area contributed by atoms with E-state index >= 15 is 0 Å². The Bertz CT molecular complexity index is 698. The molecule has 0 aliphatic carbocycles. The van der Waals surface area contributed by atoms with Crippen molar-refractivity contribution in [3.05, 3.63) is 59.9 Å². The summed E-state index contributed by atoms with van der Waals surface area (Å²) in [5, 5.41) is 0. The van der Waals surface area contributed by atoms with E-state index in [0.29, 0.717) is 0 Å². The van der Waals surface area contributed by atoms with E-state index in [-0.39, 0.29) is 0 Å². The Balaban J connectivity index is 2.04. The van der Waals surface area contributed by atoms with Crippen molar-refractivity contribution in [3.8, 4) is 0 Å². The highest BCUT2D eigenvalue weighted by atomic mass is 15.0. The number of anilines is 1. The highest BCUT2D eigenvalue weighted by Crippen LogP contribution is 2.19. The smallest absolute Gasteiger partial charge is 0.0961 e. The van der Waals surface area contributed by atoms with E-state index < -0.39 is 0 Å². The maximum Gasteiger partial charge on any atom is 0.0961 e. The number of nitrogen functional groups attached to an aromatic ring is 1. The van der Waals surface area contributed by atoms with E-state index in [1.165, 1.54) is 5.56 Å². The zero-order chi connectivity index (χ0) is 12.5. The fourth-order valence-electron chi connectivity index (χ4n) is 2.19. The lowest BCUT2D eigenvalue weighted by molar-refractivity contribution is 0.819. The van der Waals surface area contributed by atoms with E-state index in [1.807, 2.05) is 36.7 Å². The summed E-state index contributed by atoms with van der Waals surface area (Å²) in [7, 11) is 0. The second-order valence-electron chi connectivity index (χ2n) is 4.49. The molecule has 1 aromatic heterocycles. The first-order valence-corrected chi connectivity index (χ1v) is 5.99. The van der Waals surface area contributed by atoms with Gasteiger partial charge < -0.3 is 10.3 Å². The van der Waals surface area contributed by atoms with E-state index in [9.17, 15) is 0 Å². The maximum atomic E-state index is 5.94. The quantitative estimate of drug-likeness (QED) is 0.696. The third-order valence-corrected chi connectivity index (χ3v) is 3.36. The normalized spacial score (nSPS) is 10.9. The molecule has 0 aliphatic rings. The Morgan fingerprint density at radius 2 is 1.94 bits per heavy atom. The highest BCUT2D eigenvalue weighted by molar-refractivity contribution is 5.75. The Hall–Kier alpha value is -2.29. The van der Waals surface area contributed by atoms with Gasteiger partial charge in [0.15, 0.2) is 0 Å². The largest absolute Gasteiger partial charge is 0.399 e. The molecule has 0 unspecified atom stereocenters. The minimum absolute atomic E-state index is 0.803. The summed E-state index contributed by atoms with van der Waals surface area (Å²) >= 11 is 0. The number of nitrogens with two attached hydrogens (primary N) is 1. The third kappa shape index (κ3) is 1.74. The van der Waals surface area contributed by atoms with Crippen molar-refractivity contribution < 1.29 is 0 Å². The van der Waals surface area contributed by atoms with Crippen LogP contribution in [-0.2, 0) is 6.54 Å². The Kier molecular flexibility index (Phi) is 2.52. The first-order valence-electron chi connectivity index (χ1n) is 5.99. The van der Waals surface area contributed by atoms with Crippen molar-refractivity contribution in [2.75, 3.05) is 5.73 Å². The van der Waals surface area contributed by atoms with Crippen LogP contribution < -0.4 is 5.73 Å². The molecular formula is C15H15N3. The van der Waals surface area contributed by atoms with Gasteiger partial charge in [-0.1, -0.05) is 24.3 Å². The zero-order valence-electron chi connectivity index (χ0n) is 10.3. The van der Waals surface area contributed by atoms with Gasteiger partial charge in [0, 0.05) is 12.2 Å². The van der Waals surface area contributed by atoms with Gasteiger partial charge in [-0.25, -0.2) is 4.98 Å². The molecule has 3 nitrogen and oxygen atoms in total. The fraction of sp³-hybridized carbons (Fsp3) is 0.133. The summed E-state index contributed by atoms with van der Waals surface area (Å²) in [6, 6.07) is 14.2.